The van der Waals surface area contributed by atoms with E-state index in [2.05, 4.69) is 15.5 Å². The van der Waals surface area contributed by atoms with Gasteiger partial charge >= 0.3 is 0 Å². The van der Waals surface area contributed by atoms with Crippen molar-refractivity contribution in [1.29, 1.82) is 0 Å². The minimum absolute atomic E-state index is 0.339. The Balaban J connectivity index is 1.87. The first-order valence-corrected chi connectivity index (χ1v) is 6.11. The highest BCUT2D eigenvalue weighted by atomic mass is 32.1. The average molecular weight is 252 g/mol. The monoisotopic (exact) mass is 252 g/mol. The minimum Gasteiger partial charge on any atom is -0.389 e. The van der Waals surface area contributed by atoms with Crippen LogP contribution in [0.3, 0.4) is 0 Å². The van der Waals surface area contributed by atoms with Gasteiger partial charge in [0, 0.05) is 19.8 Å². The Morgan fingerprint density at radius 2 is 2.53 bits per heavy atom. The Hall–Kier alpha value is -1.27. The standard InChI is InChI=1S/C11H16N4OS/c12-10(17)9-2-5-14-15-11(9)13-4-1-8-3-6-16-7-8/h2,5,8H,1,3-4,6-7H2,(H2,12,17)(H,13,15). The Labute approximate surface area is 106 Å². The molecule has 0 radical (unpaired) electrons. The maximum atomic E-state index is 5.61. The molecule has 1 saturated heterocycles. The molecule has 0 spiro atoms. The summed E-state index contributed by atoms with van der Waals surface area (Å²) in [6.07, 6.45) is 3.79. The fourth-order valence-electron chi connectivity index (χ4n) is 1.87. The van der Waals surface area contributed by atoms with Gasteiger partial charge in [0.15, 0.2) is 5.82 Å². The summed E-state index contributed by atoms with van der Waals surface area (Å²) in [7, 11) is 0. The number of aromatic nitrogens is 2. The lowest BCUT2D eigenvalue weighted by atomic mass is 10.1. The molecule has 1 aliphatic heterocycles. The van der Waals surface area contributed by atoms with Crippen molar-refractivity contribution < 1.29 is 4.74 Å². The maximum Gasteiger partial charge on any atom is 0.158 e. The van der Waals surface area contributed by atoms with Gasteiger partial charge < -0.3 is 15.8 Å². The van der Waals surface area contributed by atoms with Crippen LogP contribution in [0.2, 0.25) is 0 Å². The number of nitrogens with two attached hydrogens (primary N) is 1. The van der Waals surface area contributed by atoms with Crippen molar-refractivity contribution in [1.82, 2.24) is 10.2 Å². The Morgan fingerprint density at radius 3 is 3.24 bits per heavy atom. The molecule has 0 bridgehead atoms. The van der Waals surface area contributed by atoms with Crippen LogP contribution in [0, 0.1) is 5.92 Å². The van der Waals surface area contributed by atoms with Gasteiger partial charge in [-0.05, 0) is 24.8 Å². The van der Waals surface area contributed by atoms with E-state index in [-0.39, 0.29) is 0 Å². The van der Waals surface area contributed by atoms with Crippen LogP contribution in [-0.4, -0.2) is 34.9 Å². The molecule has 1 aliphatic rings. The molecule has 1 fully saturated rings. The van der Waals surface area contributed by atoms with Gasteiger partial charge in [-0.3, -0.25) is 0 Å². The minimum atomic E-state index is 0.339. The van der Waals surface area contributed by atoms with Crippen LogP contribution in [-0.2, 0) is 4.74 Å². The molecule has 92 valence electrons. The normalized spacial score (nSPS) is 19.2. The highest BCUT2D eigenvalue weighted by Crippen LogP contribution is 2.17. The number of anilines is 1. The van der Waals surface area contributed by atoms with Crippen LogP contribution in [0.25, 0.3) is 0 Å². The average Bonchev–Trinajstić information content (AvgIpc) is 2.82. The van der Waals surface area contributed by atoms with Crippen LogP contribution in [0.4, 0.5) is 5.82 Å². The molecule has 1 unspecified atom stereocenters. The van der Waals surface area contributed by atoms with Gasteiger partial charge in [-0.15, -0.1) is 5.10 Å². The zero-order valence-electron chi connectivity index (χ0n) is 9.56. The number of nitrogens with zero attached hydrogens (tertiary/aromatic N) is 2. The van der Waals surface area contributed by atoms with Crippen molar-refractivity contribution >= 4 is 23.0 Å². The quantitative estimate of drug-likeness (QED) is 0.760. The summed E-state index contributed by atoms with van der Waals surface area (Å²) >= 11 is 4.96. The first-order valence-electron chi connectivity index (χ1n) is 5.70. The van der Waals surface area contributed by atoms with E-state index in [4.69, 9.17) is 22.7 Å². The lowest BCUT2D eigenvalue weighted by Crippen LogP contribution is -2.16. The van der Waals surface area contributed by atoms with E-state index >= 15 is 0 Å². The fourth-order valence-corrected chi connectivity index (χ4v) is 2.03. The Bertz CT molecular complexity index is 393. The van der Waals surface area contributed by atoms with Crippen LogP contribution >= 0.6 is 12.2 Å². The number of hydrogen-bond donors (Lipinski definition) is 2. The molecule has 1 atom stereocenters. The van der Waals surface area contributed by atoms with Gasteiger partial charge in [0.05, 0.1) is 11.8 Å². The molecule has 6 heteroatoms. The van der Waals surface area contributed by atoms with Gasteiger partial charge in [0.25, 0.3) is 0 Å². The van der Waals surface area contributed by atoms with E-state index in [0.717, 1.165) is 38.2 Å². The summed E-state index contributed by atoms with van der Waals surface area (Å²) in [4.78, 5) is 0.339. The summed E-state index contributed by atoms with van der Waals surface area (Å²) in [5.41, 5.74) is 6.36. The molecule has 3 N–H and O–H groups in total. The number of thiocarbonyl (C=S) groups is 1. The molecule has 0 aliphatic carbocycles. The molecule has 2 heterocycles. The largest absolute Gasteiger partial charge is 0.389 e. The molecule has 2 rings (SSSR count). The third-order valence-electron chi connectivity index (χ3n) is 2.86. The van der Waals surface area contributed by atoms with Gasteiger partial charge in [-0.2, -0.15) is 5.10 Å². The van der Waals surface area contributed by atoms with Crippen LogP contribution < -0.4 is 11.1 Å². The molecule has 5 nitrogen and oxygen atoms in total. The van der Waals surface area contributed by atoms with Crippen molar-refractivity contribution in [2.24, 2.45) is 11.7 Å². The number of rotatable bonds is 5. The first-order chi connectivity index (χ1) is 8.27. The highest BCUT2D eigenvalue weighted by Gasteiger charge is 2.15. The fraction of sp³-hybridized carbons (Fsp3) is 0.545. The summed E-state index contributed by atoms with van der Waals surface area (Å²) < 4.78 is 5.33. The summed E-state index contributed by atoms with van der Waals surface area (Å²) in [5.74, 6) is 1.31. The molecule has 0 aromatic carbocycles. The zero-order chi connectivity index (χ0) is 12.1. The van der Waals surface area contributed by atoms with Gasteiger partial charge in [-0.1, -0.05) is 12.2 Å². The van der Waals surface area contributed by atoms with E-state index in [1.54, 1.807) is 12.3 Å². The zero-order valence-corrected chi connectivity index (χ0v) is 10.4. The van der Waals surface area contributed by atoms with Gasteiger partial charge in [0.1, 0.15) is 4.99 Å². The van der Waals surface area contributed by atoms with Crippen LogP contribution in [0.15, 0.2) is 12.3 Å². The molecular formula is C11H16N4OS. The second-order valence-corrected chi connectivity index (χ2v) is 4.54. The van der Waals surface area contributed by atoms with Crippen molar-refractivity contribution in [3.05, 3.63) is 17.8 Å². The number of ether oxygens (including phenoxy) is 1. The second kappa shape index (κ2) is 5.88. The summed E-state index contributed by atoms with van der Waals surface area (Å²) in [6.45, 7) is 2.58. The van der Waals surface area contributed by atoms with E-state index < -0.39 is 0 Å². The van der Waals surface area contributed by atoms with E-state index in [0.29, 0.717) is 16.7 Å². The third kappa shape index (κ3) is 3.34. The van der Waals surface area contributed by atoms with Crippen LogP contribution in [0.5, 0.6) is 0 Å². The van der Waals surface area contributed by atoms with E-state index in [1.807, 2.05) is 0 Å². The Morgan fingerprint density at radius 1 is 1.65 bits per heavy atom. The first kappa shape index (κ1) is 12.2. The Kier molecular flexibility index (Phi) is 4.22. The predicted molar refractivity (Wildman–Crippen MR) is 70.0 cm³/mol. The van der Waals surface area contributed by atoms with E-state index in [1.165, 1.54) is 0 Å². The van der Waals surface area contributed by atoms with E-state index in [9.17, 15) is 0 Å². The topological polar surface area (TPSA) is 73.1 Å². The highest BCUT2D eigenvalue weighted by molar-refractivity contribution is 7.80. The molecule has 1 aromatic heterocycles. The molecular weight excluding hydrogens is 236 g/mol. The number of nitrogens with one attached hydrogen (secondary N) is 1. The molecule has 0 saturated carbocycles. The van der Waals surface area contributed by atoms with Gasteiger partial charge in [-0.25, -0.2) is 0 Å². The summed E-state index contributed by atoms with van der Waals surface area (Å²) in [6, 6.07) is 1.77. The third-order valence-corrected chi connectivity index (χ3v) is 3.08. The lowest BCUT2D eigenvalue weighted by molar-refractivity contribution is 0.185. The van der Waals surface area contributed by atoms with Crippen molar-refractivity contribution in [3.8, 4) is 0 Å². The number of hydrogen-bond acceptors (Lipinski definition) is 5. The second-order valence-electron chi connectivity index (χ2n) is 4.10. The van der Waals surface area contributed by atoms with Crippen molar-refractivity contribution in [3.63, 3.8) is 0 Å². The molecule has 0 amide bonds. The molecule has 1 aromatic rings. The predicted octanol–water partition coefficient (Wildman–Crippen LogP) is 0.949. The summed E-state index contributed by atoms with van der Waals surface area (Å²) in [5, 5.41) is 11.1. The lowest BCUT2D eigenvalue weighted by Gasteiger charge is -2.11. The van der Waals surface area contributed by atoms with Crippen molar-refractivity contribution in [2.75, 3.05) is 25.1 Å². The maximum absolute atomic E-state index is 5.61. The molecule has 17 heavy (non-hydrogen) atoms. The van der Waals surface area contributed by atoms with Crippen molar-refractivity contribution in [2.45, 2.75) is 12.8 Å². The van der Waals surface area contributed by atoms with Gasteiger partial charge in [0.2, 0.25) is 0 Å². The SMILES string of the molecule is NC(=S)c1ccnnc1NCCC1CCOC1. The smallest absolute Gasteiger partial charge is 0.158 e. The van der Waals surface area contributed by atoms with Crippen LogP contribution in [0.1, 0.15) is 18.4 Å².